The van der Waals surface area contributed by atoms with Crippen LogP contribution in [0.25, 0.3) is 0 Å². The Morgan fingerprint density at radius 2 is 2.26 bits per heavy atom. The predicted molar refractivity (Wildman–Crippen MR) is 76.7 cm³/mol. The summed E-state index contributed by atoms with van der Waals surface area (Å²) in [7, 11) is 5.58. The number of imidazole rings is 1. The molecule has 1 aromatic carbocycles. The van der Waals surface area contributed by atoms with Crippen LogP contribution in [0.1, 0.15) is 17.4 Å². The molecule has 102 valence electrons. The molecule has 0 aliphatic carbocycles. The number of hydrogen-bond acceptors (Lipinski definition) is 3. The maximum atomic E-state index is 6.08. The maximum absolute atomic E-state index is 6.08. The molecule has 0 radical (unpaired) electrons. The first-order chi connectivity index (χ1) is 9.15. The molecule has 0 amide bonds. The summed E-state index contributed by atoms with van der Waals surface area (Å²) in [5.41, 5.74) is 1.04. The van der Waals surface area contributed by atoms with Gasteiger partial charge in [-0.05, 0) is 25.2 Å². The van der Waals surface area contributed by atoms with Gasteiger partial charge in [-0.1, -0.05) is 11.6 Å². The average molecular weight is 280 g/mol. The number of rotatable bonds is 5. The Morgan fingerprint density at radius 3 is 2.84 bits per heavy atom. The van der Waals surface area contributed by atoms with Crippen molar-refractivity contribution in [2.75, 3.05) is 14.2 Å². The summed E-state index contributed by atoms with van der Waals surface area (Å²) >= 11 is 6.08. The number of halogens is 1. The van der Waals surface area contributed by atoms with Gasteiger partial charge in [0.2, 0.25) is 0 Å². The van der Waals surface area contributed by atoms with E-state index in [0.29, 0.717) is 5.02 Å². The van der Waals surface area contributed by atoms with Crippen LogP contribution in [0.5, 0.6) is 5.75 Å². The zero-order valence-electron chi connectivity index (χ0n) is 11.4. The molecule has 1 heterocycles. The summed E-state index contributed by atoms with van der Waals surface area (Å²) < 4.78 is 7.42. The summed E-state index contributed by atoms with van der Waals surface area (Å²) in [5, 5.41) is 4.00. The predicted octanol–water partition coefficient (Wildman–Crippen LogP) is 2.59. The molecule has 1 aromatic heterocycles. The van der Waals surface area contributed by atoms with Gasteiger partial charge in [0, 0.05) is 42.5 Å². The minimum absolute atomic E-state index is 0.106. The Bertz CT molecular complexity index is 553. The largest absolute Gasteiger partial charge is 0.496 e. The molecule has 0 fully saturated rings. The molecule has 0 aliphatic heterocycles. The van der Waals surface area contributed by atoms with E-state index >= 15 is 0 Å². The van der Waals surface area contributed by atoms with E-state index in [4.69, 9.17) is 16.3 Å². The maximum Gasteiger partial charge on any atom is 0.123 e. The first kappa shape index (κ1) is 13.9. The lowest BCUT2D eigenvalue weighted by Crippen LogP contribution is -2.21. The summed E-state index contributed by atoms with van der Waals surface area (Å²) in [5.74, 6) is 1.85. The van der Waals surface area contributed by atoms with Crippen LogP contribution in [0.4, 0.5) is 0 Å². The fourth-order valence-corrected chi connectivity index (χ4v) is 2.30. The Labute approximate surface area is 118 Å². The van der Waals surface area contributed by atoms with E-state index in [0.717, 1.165) is 23.6 Å². The molecule has 1 atom stereocenters. The smallest absolute Gasteiger partial charge is 0.123 e. The average Bonchev–Trinajstić information content (AvgIpc) is 2.81. The zero-order valence-corrected chi connectivity index (χ0v) is 12.1. The van der Waals surface area contributed by atoms with Gasteiger partial charge in [0.15, 0.2) is 0 Å². The molecule has 1 unspecified atom stereocenters. The van der Waals surface area contributed by atoms with Gasteiger partial charge in [-0.15, -0.1) is 0 Å². The molecular formula is C14H18ClN3O. The summed E-state index contributed by atoms with van der Waals surface area (Å²) in [6.07, 6.45) is 4.52. The van der Waals surface area contributed by atoms with E-state index in [1.807, 2.05) is 43.1 Å². The highest BCUT2D eigenvalue weighted by Gasteiger charge is 2.17. The monoisotopic (exact) mass is 279 g/mol. The molecule has 2 aromatic rings. The van der Waals surface area contributed by atoms with E-state index < -0.39 is 0 Å². The molecule has 2 rings (SSSR count). The SMILES string of the molecule is CNC(Cc1nccn1C)c1cc(Cl)ccc1OC. The van der Waals surface area contributed by atoms with Crippen molar-refractivity contribution < 1.29 is 4.74 Å². The third-order valence-corrected chi connectivity index (χ3v) is 3.46. The first-order valence-electron chi connectivity index (χ1n) is 6.12. The number of methoxy groups -OCH3 is 1. The fourth-order valence-electron chi connectivity index (χ4n) is 2.12. The molecule has 4 nitrogen and oxygen atoms in total. The third-order valence-electron chi connectivity index (χ3n) is 3.22. The molecule has 0 spiro atoms. The quantitative estimate of drug-likeness (QED) is 0.914. The fraction of sp³-hybridized carbons (Fsp3) is 0.357. The van der Waals surface area contributed by atoms with E-state index in [1.165, 1.54) is 0 Å². The molecule has 0 bridgehead atoms. The summed E-state index contributed by atoms with van der Waals surface area (Å²) in [6, 6.07) is 5.76. The second-order valence-corrected chi connectivity index (χ2v) is 4.82. The van der Waals surface area contributed by atoms with Gasteiger partial charge in [-0.2, -0.15) is 0 Å². The second kappa shape index (κ2) is 6.08. The Hall–Kier alpha value is -1.52. The van der Waals surface area contributed by atoms with Crippen molar-refractivity contribution in [1.29, 1.82) is 0 Å². The van der Waals surface area contributed by atoms with Crippen LogP contribution in [0.3, 0.4) is 0 Å². The van der Waals surface area contributed by atoms with Crippen LogP contribution >= 0.6 is 11.6 Å². The van der Waals surface area contributed by atoms with Gasteiger partial charge in [0.25, 0.3) is 0 Å². The van der Waals surface area contributed by atoms with E-state index in [-0.39, 0.29) is 6.04 Å². The van der Waals surface area contributed by atoms with Crippen molar-refractivity contribution in [2.24, 2.45) is 7.05 Å². The van der Waals surface area contributed by atoms with E-state index in [2.05, 4.69) is 10.3 Å². The minimum atomic E-state index is 0.106. The lowest BCUT2D eigenvalue weighted by atomic mass is 10.0. The lowest BCUT2D eigenvalue weighted by Gasteiger charge is -2.19. The van der Waals surface area contributed by atoms with Crippen molar-refractivity contribution in [2.45, 2.75) is 12.5 Å². The zero-order chi connectivity index (χ0) is 13.8. The van der Waals surface area contributed by atoms with Crippen molar-refractivity contribution >= 4 is 11.6 Å². The molecule has 1 N–H and O–H groups in total. The molecule has 0 saturated heterocycles. The number of nitrogens with zero attached hydrogens (tertiary/aromatic N) is 2. The first-order valence-corrected chi connectivity index (χ1v) is 6.50. The number of hydrogen-bond donors (Lipinski definition) is 1. The standard InChI is InChI=1S/C14H18ClN3O/c1-16-12(9-14-17-6-7-18(14)2)11-8-10(15)4-5-13(11)19-3/h4-8,12,16H,9H2,1-3H3. The highest BCUT2D eigenvalue weighted by Crippen LogP contribution is 2.29. The van der Waals surface area contributed by atoms with Crippen molar-refractivity contribution in [3.63, 3.8) is 0 Å². The molecule has 0 aliphatic rings. The van der Waals surface area contributed by atoms with Crippen LogP contribution in [-0.4, -0.2) is 23.7 Å². The highest BCUT2D eigenvalue weighted by atomic mass is 35.5. The number of aromatic nitrogens is 2. The summed E-state index contributed by atoms with van der Waals surface area (Å²) in [4.78, 5) is 4.36. The minimum Gasteiger partial charge on any atom is -0.496 e. The summed E-state index contributed by atoms with van der Waals surface area (Å²) in [6.45, 7) is 0. The van der Waals surface area contributed by atoms with Crippen LogP contribution in [0, 0.1) is 0 Å². The van der Waals surface area contributed by atoms with E-state index in [9.17, 15) is 0 Å². The van der Waals surface area contributed by atoms with E-state index in [1.54, 1.807) is 13.3 Å². The molecule has 5 heteroatoms. The van der Waals surface area contributed by atoms with Gasteiger partial charge < -0.3 is 14.6 Å². The van der Waals surface area contributed by atoms with Gasteiger partial charge in [0.05, 0.1) is 7.11 Å². The van der Waals surface area contributed by atoms with Crippen LogP contribution < -0.4 is 10.1 Å². The molecule has 19 heavy (non-hydrogen) atoms. The number of likely N-dealkylation sites (N-methyl/N-ethyl adjacent to an activating group) is 1. The van der Waals surface area contributed by atoms with Crippen molar-refractivity contribution in [3.05, 3.63) is 47.0 Å². The van der Waals surface area contributed by atoms with Crippen LogP contribution in [-0.2, 0) is 13.5 Å². The third kappa shape index (κ3) is 3.08. The van der Waals surface area contributed by atoms with Crippen molar-refractivity contribution in [1.82, 2.24) is 14.9 Å². The second-order valence-electron chi connectivity index (χ2n) is 4.39. The van der Waals surface area contributed by atoms with Crippen LogP contribution in [0.15, 0.2) is 30.6 Å². The molecule has 0 saturated carbocycles. The number of benzene rings is 1. The van der Waals surface area contributed by atoms with Crippen LogP contribution in [0.2, 0.25) is 5.02 Å². The lowest BCUT2D eigenvalue weighted by molar-refractivity contribution is 0.400. The van der Waals surface area contributed by atoms with Gasteiger partial charge in [0.1, 0.15) is 11.6 Å². The van der Waals surface area contributed by atoms with Crippen molar-refractivity contribution in [3.8, 4) is 5.75 Å². The normalized spacial score (nSPS) is 12.4. The Morgan fingerprint density at radius 1 is 1.47 bits per heavy atom. The van der Waals surface area contributed by atoms with Gasteiger partial charge in [-0.3, -0.25) is 0 Å². The van der Waals surface area contributed by atoms with Gasteiger partial charge >= 0.3 is 0 Å². The molecular weight excluding hydrogens is 262 g/mol. The number of aryl methyl sites for hydroxylation is 1. The number of ether oxygens (including phenoxy) is 1. The van der Waals surface area contributed by atoms with Gasteiger partial charge in [-0.25, -0.2) is 4.98 Å². The Kier molecular flexibility index (Phi) is 4.45. The number of nitrogens with one attached hydrogen (secondary N) is 1. The highest BCUT2D eigenvalue weighted by molar-refractivity contribution is 6.30. The topological polar surface area (TPSA) is 39.1 Å². The Balaban J connectivity index is 2.31.